The highest BCUT2D eigenvalue weighted by atomic mass is 35.5. The molecule has 1 amide bonds. The number of aromatic nitrogens is 2. The SMILES string of the molecule is CCCN(C(=O)c1cccc([N+](=O)[O-])c1)C(C)c1nc2cc(Cl)ccc2c(=O)n1-c1ccc(C)cc1. The third-order valence-corrected chi connectivity index (χ3v) is 6.26. The van der Waals surface area contributed by atoms with Crippen LogP contribution in [-0.2, 0) is 0 Å². The fraction of sp³-hybridized carbons (Fsp3) is 0.222. The maximum Gasteiger partial charge on any atom is 0.270 e. The molecule has 4 aromatic rings. The monoisotopic (exact) mass is 504 g/mol. The molecule has 0 fully saturated rings. The third kappa shape index (κ3) is 4.85. The Morgan fingerprint density at radius 2 is 1.86 bits per heavy atom. The largest absolute Gasteiger partial charge is 0.329 e. The van der Waals surface area contributed by atoms with Gasteiger partial charge in [0.15, 0.2) is 0 Å². The minimum atomic E-state index is -0.630. The van der Waals surface area contributed by atoms with Gasteiger partial charge in [-0.3, -0.25) is 24.3 Å². The summed E-state index contributed by atoms with van der Waals surface area (Å²) in [5, 5.41) is 12.1. The minimum Gasteiger partial charge on any atom is -0.329 e. The Balaban J connectivity index is 1.91. The number of non-ortho nitro benzene ring substituents is 1. The molecular weight excluding hydrogens is 480 g/mol. The van der Waals surface area contributed by atoms with Crippen molar-refractivity contribution in [3.05, 3.63) is 109 Å². The first-order valence-electron chi connectivity index (χ1n) is 11.6. The molecule has 0 aliphatic rings. The topological polar surface area (TPSA) is 98.3 Å². The van der Waals surface area contributed by atoms with Gasteiger partial charge < -0.3 is 4.90 Å². The molecule has 0 bridgehead atoms. The molecule has 9 heteroatoms. The number of carbonyl (C=O) groups is 1. The average Bonchev–Trinajstić information content (AvgIpc) is 2.87. The van der Waals surface area contributed by atoms with Crippen molar-refractivity contribution < 1.29 is 9.72 Å². The fourth-order valence-corrected chi connectivity index (χ4v) is 4.34. The van der Waals surface area contributed by atoms with E-state index in [4.69, 9.17) is 16.6 Å². The summed E-state index contributed by atoms with van der Waals surface area (Å²) < 4.78 is 1.52. The minimum absolute atomic E-state index is 0.167. The predicted molar refractivity (Wildman–Crippen MR) is 140 cm³/mol. The highest BCUT2D eigenvalue weighted by molar-refractivity contribution is 6.31. The lowest BCUT2D eigenvalue weighted by Gasteiger charge is -2.30. The molecule has 0 spiro atoms. The van der Waals surface area contributed by atoms with Crippen molar-refractivity contribution in [3.8, 4) is 5.69 Å². The van der Waals surface area contributed by atoms with Crippen LogP contribution in [0.15, 0.2) is 71.5 Å². The molecule has 1 atom stereocenters. The highest BCUT2D eigenvalue weighted by Crippen LogP contribution is 2.26. The van der Waals surface area contributed by atoms with Crippen LogP contribution in [0.3, 0.4) is 0 Å². The summed E-state index contributed by atoms with van der Waals surface area (Å²) in [5.74, 6) is -0.0187. The zero-order valence-electron chi connectivity index (χ0n) is 20.1. The maximum atomic E-state index is 13.7. The number of halogens is 1. The summed E-state index contributed by atoms with van der Waals surface area (Å²) >= 11 is 6.19. The molecule has 36 heavy (non-hydrogen) atoms. The van der Waals surface area contributed by atoms with Gasteiger partial charge >= 0.3 is 0 Å². The summed E-state index contributed by atoms with van der Waals surface area (Å²) in [6.45, 7) is 6.05. The number of aryl methyl sites for hydroxylation is 1. The number of benzene rings is 3. The van der Waals surface area contributed by atoms with E-state index in [1.54, 1.807) is 36.1 Å². The number of amides is 1. The summed E-state index contributed by atoms with van der Waals surface area (Å²) in [6.07, 6.45) is 0.638. The lowest BCUT2D eigenvalue weighted by molar-refractivity contribution is -0.384. The molecule has 3 aromatic carbocycles. The summed E-state index contributed by atoms with van der Waals surface area (Å²) in [6, 6.07) is 17.4. The predicted octanol–water partition coefficient (Wildman–Crippen LogP) is 5.87. The smallest absolute Gasteiger partial charge is 0.270 e. The van der Waals surface area contributed by atoms with Crippen LogP contribution in [0.25, 0.3) is 16.6 Å². The number of rotatable bonds is 7. The quantitative estimate of drug-likeness (QED) is 0.231. The highest BCUT2D eigenvalue weighted by Gasteiger charge is 2.28. The fourth-order valence-electron chi connectivity index (χ4n) is 4.17. The van der Waals surface area contributed by atoms with Crippen molar-refractivity contribution in [3.63, 3.8) is 0 Å². The molecule has 1 aromatic heterocycles. The van der Waals surface area contributed by atoms with Gasteiger partial charge in [0.05, 0.1) is 27.6 Å². The number of hydrogen-bond acceptors (Lipinski definition) is 5. The van der Waals surface area contributed by atoms with Gasteiger partial charge in [0.25, 0.3) is 17.2 Å². The van der Waals surface area contributed by atoms with Gasteiger partial charge in [-0.2, -0.15) is 0 Å². The number of carbonyl (C=O) groups excluding carboxylic acids is 1. The van der Waals surface area contributed by atoms with Crippen molar-refractivity contribution in [2.45, 2.75) is 33.2 Å². The molecule has 4 rings (SSSR count). The molecule has 8 nitrogen and oxygen atoms in total. The third-order valence-electron chi connectivity index (χ3n) is 6.02. The molecule has 0 saturated heterocycles. The van der Waals surface area contributed by atoms with Gasteiger partial charge in [-0.25, -0.2) is 4.98 Å². The summed E-state index contributed by atoms with van der Waals surface area (Å²) in [4.78, 5) is 44.4. The van der Waals surface area contributed by atoms with E-state index in [0.717, 1.165) is 5.56 Å². The van der Waals surface area contributed by atoms with Gasteiger partial charge in [0.2, 0.25) is 0 Å². The Hall–Kier alpha value is -4.04. The first kappa shape index (κ1) is 25.1. The van der Waals surface area contributed by atoms with Gasteiger partial charge in [-0.1, -0.05) is 42.3 Å². The van der Waals surface area contributed by atoms with Crippen LogP contribution in [0.4, 0.5) is 5.69 Å². The average molecular weight is 505 g/mol. The Morgan fingerprint density at radius 3 is 2.53 bits per heavy atom. The van der Waals surface area contributed by atoms with Gasteiger partial charge in [-0.15, -0.1) is 0 Å². The molecule has 0 aliphatic carbocycles. The molecule has 184 valence electrons. The second-order valence-corrected chi connectivity index (χ2v) is 9.03. The van der Waals surface area contributed by atoms with Crippen LogP contribution in [0.1, 0.15) is 48.1 Å². The summed E-state index contributed by atoms with van der Waals surface area (Å²) in [7, 11) is 0. The zero-order chi connectivity index (χ0) is 26.0. The van der Waals surface area contributed by atoms with Crippen molar-refractivity contribution in [2.75, 3.05) is 6.54 Å². The standard InChI is InChI=1S/C27H25ClN4O4/c1-4-14-30(26(33)19-6-5-7-22(15-19)32(35)36)18(3)25-29-24-16-20(28)10-13-23(24)27(34)31(25)21-11-8-17(2)9-12-21/h5-13,15-16,18H,4,14H2,1-3H3. The second-order valence-electron chi connectivity index (χ2n) is 8.59. The first-order valence-corrected chi connectivity index (χ1v) is 11.9. The number of nitro benzene ring substituents is 1. The van der Waals surface area contributed by atoms with Gasteiger partial charge in [0.1, 0.15) is 5.82 Å². The van der Waals surface area contributed by atoms with E-state index in [1.807, 2.05) is 38.1 Å². The number of fused-ring (bicyclic) bond motifs is 1. The Labute approximate surface area is 212 Å². The number of nitrogens with zero attached hydrogens (tertiary/aromatic N) is 4. The Morgan fingerprint density at radius 1 is 1.14 bits per heavy atom. The molecule has 1 heterocycles. The molecular formula is C27H25ClN4O4. The van der Waals surface area contributed by atoms with Crippen LogP contribution < -0.4 is 5.56 Å². The Kier molecular flexibility index (Phi) is 7.17. The van der Waals surface area contributed by atoms with E-state index in [9.17, 15) is 19.7 Å². The molecule has 1 unspecified atom stereocenters. The van der Waals surface area contributed by atoms with Crippen LogP contribution in [-0.4, -0.2) is 31.8 Å². The first-order chi connectivity index (χ1) is 17.2. The molecule has 0 N–H and O–H groups in total. The lowest BCUT2D eigenvalue weighted by atomic mass is 10.1. The molecule has 0 aliphatic heterocycles. The van der Waals surface area contributed by atoms with Crippen molar-refractivity contribution in [1.82, 2.24) is 14.5 Å². The normalized spacial score (nSPS) is 11.9. The van der Waals surface area contributed by atoms with Gasteiger partial charge in [0, 0.05) is 29.3 Å². The second kappa shape index (κ2) is 10.3. The van der Waals surface area contributed by atoms with Crippen LogP contribution >= 0.6 is 11.6 Å². The number of hydrogen-bond donors (Lipinski definition) is 0. The van der Waals surface area contributed by atoms with Crippen molar-refractivity contribution >= 4 is 34.1 Å². The van der Waals surface area contributed by atoms with E-state index in [0.29, 0.717) is 40.4 Å². The van der Waals surface area contributed by atoms with Crippen LogP contribution in [0.2, 0.25) is 5.02 Å². The van der Waals surface area contributed by atoms with E-state index < -0.39 is 11.0 Å². The van der Waals surface area contributed by atoms with E-state index >= 15 is 0 Å². The molecule has 0 radical (unpaired) electrons. The van der Waals surface area contributed by atoms with Crippen LogP contribution in [0.5, 0.6) is 0 Å². The van der Waals surface area contributed by atoms with E-state index in [1.165, 1.54) is 22.8 Å². The zero-order valence-corrected chi connectivity index (χ0v) is 20.9. The van der Waals surface area contributed by atoms with E-state index in [2.05, 4.69) is 0 Å². The van der Waals surface area contributed by atoms with Crippen molar-refractivity contribution in [2.24, 2.45) is 0 Å². The van der Waals surface area contributed by atoms with E-state index in [-0.39, 0.29) is 22.7 Å². The van der Waals surface area contributed by atoms with Gasteiger partial charge in [-0.05, 0) is 56.7 Å². The summed E-state index contributed by atoms with van der Waals surface area (Å²) in [5.41, 5.74) is 1.84. The Bertz CT molecular complexity index is 1510. The maximum absolute atomic E-state index is 13.7. The van der Waals surface area contributed by atoms with Crippen molar-refractivity contribution in [1.29, 1.82) is 0 Å². The molecule has 0 saturated carbocycles. The number of nitro groups is 1. The lowest BCUT2D eigenvalue weighted by Crippen LogP contribution is -2.38. The van der Waals surface area contributed by atoms with Crippen LogP contribution in [0, 0.1) is 17.0 Å².